The lowest BCUT2D eigenvalue weighted by atomic mass is 10.3. The lowest BCUT2D eigenvalue weighted by molar-refractivity contribution is -0.133. The molecule has 0 fully saturated rings. The molecule has 20 heavy (non-hydrogen) atoms. The highest BCUT2D eigenvalue weighted by molar-refractivity contribution is 9.10. The molecule has 0 saturated heterocycles. The zero-order valence-corrected chi connectivity index (χ0v) is 12.4. The molecule has 0 aliphatic carbocycles. The van der Waals surface area contributed by atoms with Crippen molar-refractivity contribution in [3.8, 4) is 0 Å². The topological polar surface area (TPSA) is 71.1 Å². The van der Waals surface area contributed by atoms with Gasteiger partial charge in [-0.05, 0) is 36.4 Å². The highest BCUT2D eigenvalue weighted by atomic mass is 79.9. The Balaban J connectivity index is 2.01. The van der Waals surface area contributed by atoms with Crippen LogP contribution in [-0.2, 0) is 9.59 Å². The van der Waals surface area contributed by atoms with Crippen LogP contribution in [-0.4, -0.2) is 16.8 Å². The monoisotopic (exact) mass is 353 g/mol. The van der Waals surface area contributed by atoms with Crippen molar-refractivity contribution in [2.24, 2.45) is 0 Å². The van der Waals surface area contributed by atoms with Crippen molar-refractivity contribution < 1.29 is 9.59 Å². The van der Waals surface area contributed by atoms with Crippen molar-refractivity contribution in [1.29, 1.82) is 0 Å². The van der Waals surface area contributed by atoms with Gasteiger partial charge < -0.3 is 10.6 Å². The summed E-state index contributed by atoms with van der Waals surface area (Å²) < 4.78 is 0.877. The fraction of sp³-hybridized carbons (Fsp3) is 0. The molecule has 2 rings (SSSR count). The van der Waals surface area contributed by atoms with Gasteiger partial charge in [-0.25, -0.2) is 4.98 Å². The third-order valence-electron chi connectivity index (χ3n) is 2.32. The Hall–Kier alpha value is -1.92. The quantitative estimate of drug-likeness (QED) is 0.643. The number of amides is 2. The smallest absolute Gasteiger partial charge is 0.314 e. The second-order valence-corrected chi connectivity index (χ2v) is 5.03. The number of carbonyl (C=O) groups is 2. The molecule has 0 unspecified atom stereocenters. The third-order valence-corrected chi connectivity index (χ3v) is 3.15. The molecule has 0 radical (unpaired) electrons. The Kier molecular flexibility index (Phi) is 4.70. The predicted octanol–water partition coefficient (Wildman–Crippen LogP) is 3.07. The van der Waals surface area contributed by atoms with Crippen molar-refractivity contribution in [2.75, 3.05) is 10.6 Å². The fourth-order valence-corrected chi connectivity index (χ4v) is 1.81. The predicted molar refractivity (Wildman–Crippen MR) is 80.6 cm³/mol. The Labute approximate surface area is 128 Å². The van der Waals surface area contributed by atoms with Gasteiger partial charge in [0.05, 0.1) is 5.69 Å². The van der Waals surface area contributed by atoms with Crippen LogP contribution in [0, 0.1) is 0 Å². The van der Waals surface area contributed by atoms with Crippen LogP contribution >= 0.6 is 27.5 Å². The summed E-state index contributed by atoms with van der Waals surface area (Å²) in [6.45, 7) is 0. The number of aromatic nitrogens is 1. The van der Waals surface area contributed by atoms with Crippen LogP contribution in [0.1, 0.15) is 0 Å². The first-order chi connectivity index (χ1) is 9.56. The number of pyridine rings is 1. The van der Waals surface area contributed by atoms with Crippen molar-refractivity contribution in [1.82, 2.24) is 4.98 Å². The van der Waals surface area contributed by atoms with Crippen LogP contribution in [0.4, 0.5) is 11.4 Å². The van der Waals surface area contributed by atoms with Crippen molar-refractivity contribution >= 4 is 50.7 Å². The number of benzene rings is 1. The van der Waals surface area contributed by atoms with Gasteiger partial charge in [-0.2, -0.15) is 0 Å². The van der Waals surface area contributed by atoms with Gasteiger partial charge in [-0.3, -0.25) is 9.59 Å². The van der Waals surface area contributed by atoms with Gasteiger partial charge in [0.2, 0.25) is 0 Å². The summed E-state index contributed by atoms with van der Waals surface area (Å²) in [5, 5.41) is 4.98. The van der Waals surface area contributed by atoms with Gasteiger partial charge in [0, 0.05) is 16.4 Å². The standard InChI is InChI=1S/C13H9BrClN3O2/c14-8-3-5-9(6-4-8)17-12(19)13(20)18-10-2-1-7-16-11(10)15/h1-7H,(H,17,19)(H,18,20). The molecule has 1 aromatic heterocycles. The highest BCUT2D eigenvalue weighted by Crippen LogP contribution is 2.17. The Morgan fingerprint density at radius 1 is 1.05 bits per heavy atom. The maximum Gasteiger partial charge on any atom is 0.314 e. The molecule has 102 valence electrons. The summed E-state index contributed by atoms with van der Waals surface area (Å²) in [6, 6.07) is 10.0. The van der Waals surface area contributed by atoms with Crippen LogP contribution in [0.2, 0.25) is 5.15 Å². The van der Waals surface area contributed by atoms with E-state index in [-0.39, 0.29) is 10.8 Å². The number of nitrogens with zero attached hydrogens (tertiary/aromatic N) is 1. The fourth-order valence-electron chi connectivity index (χ4n) is 1.38. The molecule has 2 amide bonds. The lowest BCUT2D eigenvalue weighted by Crippen LogP contribution is -2.29. The maximum atomic E-state index is 11.7. The van der Waals surface area contributed by atoms with Crippen molar-refractivity contribution in [3.05, 3.63) is 52.2 Å². The summed E-state index contributed by atoms with van der Waals surface area (Å²) in [4.78, 5) is 27.2. The normalized spacial score (nSPS) is 9.90. The minimum atomic E-state index is -0.817. The SMILES string of the molecule is O=C(Nc1ccc(Br)cc1)C(=O)Nc1cccnc1Cl. The molecule has 1 aromatic carbocycles. The van der Waals surface area contributed by atoms with E-state index in [4.69, 9.17) is 11.6 Å². The zero-order chi connectivity index (χ0) is 14.5. The number of carbonyl (C=O) groups excluding carboxylic acids is 2. The van der Waals surface area contributed by atoms with E-state index < -0.39 is 11.8 Å². The van der Waals surface area contributed by atoms with Crippen molar-refractivity contribution in [3.63, 3.8) is 0 Å². The average Bonchev–Trinajstić information content (AvgIpc) is 2.44. The number of nitrogens with one attached hydrogen (secondary N) is 2. The van der Waals surface area contributed by atoms with Gasteiger partial charge in [-0.1, -0.05) is 27.5 Å². The van der Waals surface area contributed by atoms with Gasteiger partial charge >= 0.3 is 11.8 Å². The summed E-state index contributed by atoms with van der Waals surface area (Å²) in [6.07, 6.45) is 1.49. The van der Waals surface area contributed by atoms with Crippen LogP contribution in [0.25, 0.3) is 0 Å². The molecular weight excluding hydrogens is 346 g/mol. The zero-order valence-electron chi connectivity index (χ0n) is 10.1. The Bertz CT molecular complexity index is 646. The molecule has 1 heterocycles. The third kappa shape index (κ3) is 3.79. The van der Waals surface area contributed by atoms with Gasteiger partial charge in [0.25, 0.3) is 0 Å². The van der Waals surface area contributed by atoms with E-state index in [2.05, 4.69) is 31.5 Å². The summed E-state index contributed by atoms with van der Waals surface area (Å²) in [5.41, 5.74) is 0.802. The van der Waals surface area contributed by atoms with E-state index in [9.17, 15) is 9.59 Å². The number of anilines is 2. The molecule has 0 atom stereocenters. The van der Waals surface area contributed by atoms with E-state index in [1.165, 1.54) is 6.20 Å². The second kappa shape index (κ2) is 6.49. The van der Waals surface area contributed by atoms with Gasteiger partial charge in [0.1, 0.15) is 0 Å². The minimum absolute atomic E-state index is 0.122. The second-order valence-electron chi connectivity index (χ2n) is 3.76. The van der Waals surface area contributed by atoms with E-state index in [1.54, 1.807) is 36.4 Å². The molecule has 0 aliphatic rings. The molecule has 5 nitrogen and oxygen atoms in total. The Morgan fingerprint density at radius 3 is 2.35 bits per heavy atom. The van der Waals surface area contributed by atoms with Crippen LogP contribution in [0.5, 0.6) is 0 Å². The van der Waals surface area contributed by atoms with E-state index in [1.807, 2.05) is 0 Å². The Morgan fingerprint density at radius 2 is 1.70 bits per heavy atom. The largest absolute Gasteiger partial charge is 0.318 e. The molecule has 2 aromatic rings. The lowest BCUT2D eigenvalue weighted by Gasteiger charge is -2.07. The molecule has 0 saturated carbocycles. The molecule has 0 spiro atoms. The summed E-state index contributed by atoms with van der Waals surface area (Å²) in [7, 11) is 0. The number of halogens is 2. The molecule has 0 aliphatic heterocycles. The van der Waals surface area contributed by atoms with Crippen LogP contribution in [0.3, 0.4) is 0 Å². The maximum absolute atomic E-state index is 11.7. The summed E-state index contributed by atoms with van der Waals surface area (Å²) in [5.74, 6) is -1.60. The molecule has 2 N–H and O–H groups in total. The van der Waals surface area contributed by atoms with E-state index in [0.717, 1.165) is 4.47 Å². The highest BCUT2D eigenvalue weighted by Gasteiger charge is 2.15. The number of rotatable bonds is 2. The van der Waals surface area contributed by atoms with Crippen LogP contribution < -0.4 is 10.6 Å². The number of hydrogen-bond acceptors (Lipinski definition) is 3. The van der Waals surface area contributed by atoms with E-state index >= 15 is 0 Å². The first kappa shape index (κ1) is 14.5. The first-order valence-corrected chi connectivity index (χ1v) is 6.72. The van der Waals surface area contributed by atoms with Crippen molar-refractivity contribution in [2.45, 2.75) is 0 Å². The molecule has 7 heteroatoms. The first-order valence-electron chi connectivity index (χ1n) is 5.54. The van der Waals surface area contributed by atoms with Gasteiger partial charge in [-0.15, -0.1) is 0 Å². The number of hydrogen-bond donors (Lipinski definition) is 2. The van der Waals surface area contributed by atoms with Gasteiger partial charge in [0.15, 0.2) is 5.15 Å². The summed E-state index contributed by atoms with van der Waals surface area (Å²) >= 11 is 9.07. The minimum Gasteiger partial charge on any atom is -0.318 e. The molecular formula is C13H9BrClN3O2. The average molecular weight is 355 g/mol. The van der Waals surface area contributed by atoms with E-state index in [0.29, 0.717) is 5.69 Å². The van der Waals surface area contributed by atoms with Crippen LogP contribution in [0.15, 0.2) is 47.1 Å². The molecule has 0 bridgehead atoms.